The van der Waals surface area contributed by atoms with Crippen LogP contribution in [-0.2, 0) is 32.6 Å². The lowest BCUT2D eigenvalue weighted by Crippen LogP contribution is -2.53. The van der Waals surface area contributed by atoms with Crippen molar-refractivity contribution in [3.8, 4) is 0 Å². The highest BCUT2D eigenvalue weighted by molar-refractivity contribution is 7.92. The molecule has 3 aromatic rings. The third-order valence-corrected chi connectivity index (χ3v) is 8.15. The summed E-state index contributed by atoms with van der Waals surface area (Å²) in [6.45, 7) is 3.83. The first-order valence-corrected chi connectivity index (χ1v) is 15.7. The Labute approximate surface area is 247 Å². The minimum Gasteiger partial charge on any atom is -0.354 e. The fourth-order valence-corrected chi connectivity index (χ4v) is 5.60. The molecule has 0 aliphatic carbocycles. The summed E-state index contributed by atoms with van der Waals surface area (Å²) in [5.41, 5.74) is 2.66. The predicted octanol–water partition coefficient (Wildman–Crippen LogP) is 5.62. The average molecular weight is 605 g/mol. The molecule has 1 N–H and O–H groups in total. The molecule has 0 aliphatic heterocycles. The van der Waals surface area contributed by atoms with E-state index in [2.05, 4.69) is 5.32 Å². The number of nitrogens with zero attached hydrogens (tertiary/aromatic N) is 2. The molecule has 3 aromatic carbocycles. The second-order valence-corrected chi connectivity index (χ2v) is 12.5. The van der Waals surface area contributed by atoms with Gasteiger partial charge in [-0.05, 0) is 54.3 Å². The zero-order valence-corrected chi connectivity index (χ0v) is 25.3. The number of rotatable bonds is 13. The first-order chi connectivity index (χ1) is 19.0. The molecule has 0 bridgehead atoms. The molecule has 0 unspecified atom stereocenters. The van der Waals surface area contributed by atoms with Gasteiger partial charge in [-0.15, -0.1) is 0 Å². The molecular weight excluding hydrogens is 569 g/mol. The van der Waals surface area contributed by atoms with E-state index in [-0.39, 0.29) is 18.9 Å². The summed E-state index contributed by atoms with van der Waals surface area (Å²) in [4.78, 5) is 29.1. The second kappa shape index (κ2) is 14.5. The van der Waals surface area contributed by atoms with E-state index in [1.807, 2.05) is 50.2 Å². The summed E-state index contributed by atoms with van der Waals surface area (Å²) in [7, 11) is -3.83. The van der Waals surface area contributed by atoms with E-state index in [1.54, 1.807) is 36.4 Å². The van der Waals surface area contributed by atoms with Crippen molar-refractivity contribution in [2.75, 3.05) is 23.7 Å². The number of halogens is 2. The summed E-state index contributed by atoms with van der Waals surface area (Å²) in [5, 5.41) is 3.73. The number of benzene rings is 3. The van der Waals surface area contributed by atoms with Crippen molar-refractivity contribution >= 4 is 50.7 Å². The summed E-state index contributed by atoms with van der Waals surface area (Å²) < 4.78 is 26.8. The van der Waals surface area contributed by atoms with Crippen molar-refractivity contribution in [2.45, 2.75) is 45.7 Å². The minimum atomic E-state index is -3.83. The van der Waals surface area contributed by atoms with Gasteiger partial charge in [0.15, 0.2) is 0 Å². The Morgan fingerprint density at radius 1 is 0.975 bits per heavy atom. The van der Waals surface area contributed by atoms with Gasteiger partial charge >= 0.3 is 0 Å². The van der Waals surface area contributed by atoms with Gasteiger partial charge in [0.2, 0.25) is 21.8 Å². The van der Waals surface area contributed by atoms with Crippen LogP contribution in [0.2, 0.25) is 10.0 Å². The molecule has 0 aromatic heterocycles. The van der Waals surface area contributed by atoms with Crippen molar-refractivity contribution in [1.82, 2.24) is 10.2 Å². The molecule has 3 rings (SSSR count). The number of nitrogens with one attached hydrogen (secondary N) is 1. The lowest BCUT2D eigenvalue weighted by atomic mass is 10.0. The number of carbonyl (C=O) groups is 2. The van der Waals surface area contributed by atoms with Gasteiger partial charge < -0.3 is 10.2 Å². The molecule has 0 spiro atoms. The van der Waals surface area contributed by atoms with Gasteiger partial charge in [0.1, 0.15) is 12.6 Å². The molecule has 40 heavy (non-hydrogen) atoms. The molecule has 0 radical (unpaired) electrons. The Morgan fingerprint density at radius 3 is 2.33 bits per heavy atom. The van der Waals surface area contributed by atoms with Gasteiger partial charge in [-0.1, -0.05) is 85.1 Å². The monoisotopic (exact) mass is 603 g/mol. The number of anilines is 1. The van der Waals surface area contributed by atoms with E-state index in [4.69, 9.17) is 23.2 Å². The molecule has 0 saturated carbocycles. The third-order valence-electron chi connectivity index (χ3n) is 6.43. The van der Waals surface area contributed by atoms with Crippen LogP contribution >= 0.6 is 23.2 Å². The number of sulfonamides is 1. The highest BCUT2D eigenvalue weighted by Gasteiger charge is 2.33. The van der Waals surface area contributed by atoms with Gasteiger partial charge in [0.05, 0.1) is 11.9 Å². The Balaban J connectivity index is 2.06. The van der Waals surface area contributed by atoms with Gasteiger partial charge in [-0.2, -0.15) is 0 Å². The first kappa shape index (κ1) is 31.5. The van der Waals surface area contributed by atoms with Crippen LogP contribution < -0.4 is 9.62 Å². The van der Waals surface area contributed by atoms with Crippen molar-refractivity contribution in [2.24, 2.45) is 0 Å². The Morgan fingerprint density at radius 2 is 1.70 bits per heavy atom. The average Bonchev–Trinajstić information content (AvgIpc) is 2.90. The number of aryl methyl sites for hydroxylation is 1. The van der Waals surface area contributed by atoms with Crippen molar-refractivity contribution in [3.05, 3.63) is 99.5 Å². The molecular formula is C30H35Cl2N3O4S. The molecule has 0 fully saturated rings. The number of hydrogen-bond donors (Lipinski definition) is 1. The fraction of sp³-hybridized carbons (Fsp3) is 0.333. The van der Waals surface area contributed by atoms with Gasteiger partial charge in [-0.3, -0.25) is 13.9 Å². The SMILES string of the molecule is CCCCNC(=O)[C@@H](Cc1ccccc1)N(Cc1ccc(Cl)cc1Cl)C(=O)CN(c1cccc(C)c1)S(C)(=O)=O. The van der Waals surface area contributed by atoms with Crippen LogP contribution in [0.5, 0.6) is 0 Å². The molecule has 1 atom stereocenters. The van der Waals surface area contributed by atoms with Crippen molar-refractivity contribution in [3.63, 3.8) is 0 Å². The lowest BCUT2D eigenvalue weighted by molar-refractivity contribution is -0.140. The standard InChI is InChI=1S/C30H35Cl2N3O4S/c1-4-5-16-33-30(37)28(18-23-11-7-6-8-12-23)34(20-24-14-15-25(31)19-27(24)32)29(36)21-35(40(3,38)39)26-13-9-10-22(2)17-26/h6-15,17,19,28H,4-5,16,18,20-21H2,1-3H3,(H,33,37)/t28-/m1/s1. The van der Waals surface area contributed by atoms with Crippen LogP contribution in [0.1, 0.15) is 36.5 Å². The number of carbonyl (C=O) groups excluding carboxylic acids is 2. The lowest BCUT2D eigenvalue weighted by Gasteiger charge is -2.33. The van der Waals surface area contributed by atoms with Crippen molar-refractivity contribution in [1.29, 1.82) is 0 Å². The predicted molar refractivity (Wildman–Crippen MR) is 162 cm³/mol. The molecule has 214 valence electrons. The van der Waals surface area contributed by atoms with Crippen LogP contribution in [0.4, 0.5) is 5.69 Å². The summed E-state index contributed by atoms with van der Waals surface area (Å²) >= 11 is 12.6. The Kier molecular flexibility index (Phi) is 11.4. The molecule has 7 nitrogen and oxygen atoms in total. The van der Waals surface area contributed by atoms with Gasteiger partial charge in [-0.25, -0.2) is 8.42 Å². The molecule has 0 heterocycles. The smallest absolute Gasteiger partial charge is 0.244 e. The summed E-state index contributed by atoms with van der Waals surface area (Å²) in [5.74, 6) is -0.860. The first-order valence-electron chi connectivity index (χ1n) is 13.1. The van der Waals surface area contributed by atoms with E-state index in [0.29, 0.717) is 27.8 Å². The highest BCUT2D eigenvalue weighted by atomic mass is 35.5. The van der Waals surface area contributed by atoms with Gasteiger partial charge in [0, 0.05) is 29.6 Å². The molecule has 0 aliphatic rings. The molecule has 2 amide bonds. The van der Waals surface area contributed by atoms with Crippen LogP contribution in [-0.4, -0.2) is 50.5 Å². The number of hydrogen-bond acceptors (Lipinski definition) is 4. The Bertz CT molecular complexity index is 1420. The maximum Gasteiger partial charge on any atom is 0.244 e. The number of amides is 2. The Hall–Kier alpha value is -3.07. The van der Waals surface area contributed by atoms with E-state index in [1.165, 1.54) is 4.90 Å². The molecule has 0 saturated heterocycles. The normalized spacial score (nSPS) is 12.0. The zero-order valence-electron chi connectivity index (χ0n) is 22.9. The fourth-order valence-electron chi connectivity index (χ4n) is 4.29. The zero-order chi connectivity index (χ0) is 29.3. The van der Waals surface area contributed by atoms with E-state index in [0.717, 1.165) is 34.5 Å². The van der Waals surface area contributed by atoms with E-state index >= 15 is 0 Å². The maximum atomic E-state index is 14.1. The van der Waals surface area contributed by atoms with E-state index in [9.17, 15) is 18.0 Å². The second-order valence-electron chi connectivity index (χ2n) is 9.72. The van der Waals surface area contributed by atoms with Crippen LogP contribution in [0, 0.1) is 6.92 Å². The molecule has 10 heteroatoms. The summed E-state index contributed by atoms with van der Waals surface area (Å²) in [6, 6.07) is 20.3. The van der Waals surface area contributed by atoms with Crippen molar-refractivity contribution < 1.29 is 18.0 Å². The quantitative estimate of drug-likeness (QED) is 0.257. The van der Waals surface area contributed by atoms with Gasteiger partial charge in [0.25, 0.3) is 0 Å². The maximum absolute atomic E-state index is 14.1. The number of unbranched alkanes of at least 4 members (excludes halogenated alkanes) is 1. The topological polar surface area (TPSA) is 86.8 Å². The van der Waals surface area contributed by atoms with Crippen LogP contribution in [0.25, 0.3) is 0 Å². The van der Waals surface area contributed by atoms with E-state index < -0.39 is 28.5 Å². The minimum absolute atomic E-state index is 0.0149. The highest BCUT2D eigenvalue weighted by Crippen LogP contribution is 2.25. The van der Waals surface area contributed by atoms with Crippen LogP contribution in [0.3, 0.4) is 0 Å². The summed E-state index contributed by atoms with van der Waals surface area (Å²) in [6.07, 6.45) is 2.98. The van der Waals surface area contributed by atoms with Crippen LogP contribution in [0.15, 0.2) is 72.8 Å². The third kappa shape index (κ3) is 8.98. The largest absolute Gasteiger partial charge is 0.354 e.